The number of anilines is 4. The van der Waals surface area contributed by atoms with Gasteiger partial charge in [0, 0.05) is 17.6 Å². The van der Waals surface area contributed by atoms with Crippen molar-refractivity contribution in [3.05, 3.63) is 66.4 Å². The number of hydrogen-bond acceptors (Lipinski definition) is 5. The Morgan fingerprint density at radius 1 is 0.839 bits per heavy atom. The van der Waals surface area contributed by atoms with Crippen LogP contribution >= 0.6 is 0 Å². The predicted molar refractivity (Wildman–Crippen MR) is 114 cm³/mol. The molecular formula is C23H23F3N4O. The van der Waals surface area contributed by atoms with Gasteiger partial charge in [-0.3, -0.25) is 0 Å². The molecule has 1 aromatic heterocycles. The van der Waals surface area contributed by atoms with Gasteiger partial charge in [-0.05, 0) is 62.1 Å². The maximum atomic E-state index is 13.4. The molecule has 1 fully saturated rings. The molecule has 0 aliphatic heterocycles. The van der Waals surface area contributed by atoms with E-state index in [1.54, 1.807) is 42.5 Å². The summed E-state index contributed by atoms with van der Waals surface area (Å²) in [5.41, 5.74) is 0.224. The van der Waals surface area contributed by atoms with Gasteiger partial charge in [0.25, 0.3) is 0 Å². The molecule has 2 aromatic carbocycles. The number of hydrogen-bond donors (Lipinski definition) is 2. The van der Waals surface area contributed by atoms with Crippen molar-refractivity contribution in [3.8, 4) is 5.75 Å². The van der Waals surface area contributed by atoms with E-state index in [1.165, 1.54) is 19.3 Å². The molecule has 3 aromatic rings. The number of aromatic nitrogens is 2. The number of nitrogens with zero attached hydrogens (tertiary/aromatic N) is 2. The Morgan fingerprint density at radius 2 is 1.52 bits per heavy atom. The summed E-state index contributed by atoms with van der Waals surface area (Å²) in [5, 5.41) is 5.68. The summed E-state index contributed by atoms with van der Waals surface area (Å²) in [4.78, 5) is 7.91. The van der Waals surface area contributed by atoms with Gasteiger partial charge in [0.1, 0.15) is 17.1 Å². The lowest BCUT2D eigenvalue weighted by Crippen LogP contribution is -2.19. The molecule has 0 unspecified atom stereocenters. The first-order valence-corrected chi connectivity index (χ1v) is 10.3. The molecule has 162 valence electrons. The zero-order valence-corrected chi connectivity index (χ0v) is 16.8. The van der Waals surface area contributed by atoms with E-state index in [0.29, 0.717) is 11.4 Å². The highest BCUT2D eigenvalue weighted by Crippen LogP contribution is 2.35. The standard InChI is InChI=1S/C23H23F3N4O/c24-23(25,26)20-15-27-22(30-21(20)28-16-7-3-1-4-8-16)29-17-11-13-19(14-12-17)31-18-9-5-2-6-10-18/h1,3-4,7-8,11-15,18H,2,5-6,9-10H2,(H2,27,28,29,30). The van der Waals surface area contributed by atoms with Crippen LogP contribution in [0, 0.1) is 0 Å². The van der Waals surface area contributed by atoms with Crippen molar-refractivity contribution in [3.63, 3.8) is 0 Å². The molecule has 1 saturated carbocycles. The number of para-hydroxylation sites is 1. The number of rotatable bonds is 6. The SMILES string of the molecule is FC(F)(F)c1cnc(Nc2ccc(OC3CCCCC3)cc2)nc1Nc1ccccc1. The summed E-state index contributed by atoms with van der Waals surface area (Å²) in [6.45, 7) is 0. The topological polar surface area (TPSA) is 59.1 Å². The highest BCUT2D eigenvalue weighted by atomic mass is 19.4. The zero-order valence-electron chi connectivity index (χ0n) is 16.8. The van der Waals surface area contributed by atoms with Gasteiger partial charge in [-0.15, -0.1) is 0 Å². The largest absolute Gasteiger partial charge is 0.490 e. The van der Waals surface area contributed by atoms with Crippen LogP contribution in [0.5, 0.6) is 5.75 Å². The first-order chi connectivity index (χ1) is 15.0. The number of ether oxygens (including phenoxy) is 1. The molecule has 0 atom stereocenters. The molecular weight excluding hydrogens is 405 g/mol. The Hall–Kier alpha value is -3.29. The van der Waals surface area contributed by atoms with Gasteiger partial charge < -0.3 is 15.4 Å². The van der Waals surface area contributed by atoms with Crippen LogP contribution in [0.25, 0.3) is 0 Å². The average Bonchev–Trinajstić information content (AvgIpc) is 2.76. The average molecular weight is 428 g/mol. The van der Waals surface area contributed by atoms with Crippen LogP contribution in [0.1, 0.15) is 37.7 Å². The quantitative estimate of drug-likeness (QED) is 0.458. The molecule has 0 radical (unpaired) electrons. The van der Waals surface area contributed by atoms with Crippen molar-refractivity contribution < 1.29 is 17.9 Å². The summed E-state index contributed by atoms with van der Waals surface area (Å²) in [6.07, 6.45) is 2.22. The normalized spacial score (nSPS) is 14.8. The van der Waals surface area contributed by atoms with Gasteiger partial charge in [0.2, 0.25) is 5.95 Å². The van der Waals surface area contributed by atoms with Crippen molar-refractivity contribution >= 4 is 23.1 Å². The van der Waals surface area contributed by atoms with Gasteiger partial charge in [0.05, 0.1) is 6.10 Å². The van der Waals surface area contributed by atoms with E-state index in [9.17, 15) is 13.2 Å². The molecule has 8 heteroatoms. The van der Waals surface area contributed by atoms with Crippen molar-refractivity contribution in [2.45, 2.75) is 44.4 Å². The van der Waals surface area contributed by atoms with E-state index in [0.717, 1.165) is 24.8 Å². The lowest BCUT2D eigenvalue weighted by Gasteiger charge is -2.23. The smallest absolute Gasteiger partial charge is 0.421 e. The molecule has 4 rings (SSSR count). The summed E-state index contributed by atoms with van der Waals surface area (Å²) >= 11 is 0. The van der Waals surface area contributed by atoms with Crippen molar-refractivity contribution in [1.82, 2.24) is 9.97 Å². The second-order valence-electron chi connectivity index (χ2n) is 7.47. The monoisotopic (exact) mass is 428 g/mol. The fraction of sp³-hybridized carbons (Fsp3) is 0.304. The Balaban J connectivity index is 1.49. The summed E-state index contributed by atoms with van der Waals surface area (Å²) in [5.74, 6) is 0.526. The van der Waals surface area contributed by atoms with Crippen LogP contribution in [-0.4, -0.2) is 16.1 Å². The number of halogens is 3. The van der Waals surface area contributed by atoms with Gasteiger partial charge in [-0.25, -0.2) is 4.98 Å². The molecule has 0 spiro atoms. The van der Waals surface area contributed by atoms with Crippen LogP contribution in [0.15, 0.2) is 60.8 Å². The Kier molecular flexibility index (Phi) is 6.25. The fourth-order valence-electron chi connectivity index (χ4n) is 3.52. The minimum absolute atomic E-state index is 0.0624. The highest BCUT2D eigenvalue weighted by molar-refractivity contribution is 5.63. The van der Waals surface area contributed by atoms with Gasteiger partial charge in [0.15, 0.2) is 0 Å². The third kappa shape index (κ3) is 5.65. The van der Waals surface area contributed by atoms with E-state index in [1.807, 2.05) is 12.1 Å². The highest BCUT2D eigenvalue weighted by Gasteiger charge is 2.35. The lowest BCUT2D eigenvalue weighted by molar-refractivity contribution is -0.137. The van der Waals surface area contributed by atoms with Crippen molar-refractivity contribution in [2.75, 3.05) is 10.6 Å². The molecule has 5 nitrogen and oxygen atoms in total. The minimum atomic E-state index is -4.58. The molecule has 0 amide bonds. The first kappa shape index (κ1) is 21.0. The fourth-order valence-corrected chi connectivity index (χ4v) is 3.52. The zero-order chi connectivity index (χ0) is 21.7. The van der Waals surface area contributed by atoms with Gasteiger partial charge in [-0.2, -0.15) is 18.2 Å². The third-order valence-electron chi connectivity index (χ3n) is 5.10. The lowest BCUT2D eigenvalue weighted by atomic mass is 9.98. The van der Waals surface area contributed by atoms with Gasteiger partial charge >= 0.3 is 6.18 Å². The summed E-state index contributed by atoms with van der Waals surface area (Å²) in [7, 11) is 0. The van der Waals surface area contributed by atoms with Crippen LogP contribution in [-0.2, 0) is 6.18 Å². The van der Waals surface area contributed by atoms with Gasteiger partial charge in [-0.1, -0.05) is 24.6 Å². The van der Waals surface area contributed by atoms with Crippen molar-refractivity contribution in [2.24, 2.45) is 0 Å². The van der Waals surface area contributed by atoms with E-state index < -0.39 is 11.7 Å². The molecule has 1 heterocycles. The Bertz CT molecular complexity index is 988. The summed E-state index contributed by atoms with van der Waals surface area (Å²) in [6, 6.07) is 15.8. The molecule has 2 N–H and O–H groups in total. The molecule has 0 bridgehead atoms. The van der Waals surface area contributed by atoms with Crippen LogP contribution in [0.2, 0.25) is 0 Å². The van der Waals surface area contributed by atoms with Crippen molar-refractivity contribution in [1.29, 1.82) is 0 Å². The van der Waals surface area contributed by atoms with E-state index in [4.69, 9.17) is 4.74 Å². The maximum Gasteiger partial charge on any atom is 0.421 e. The predicted octanol–water partition coefficient (Wildman–Crippen LogP) is 6.69. The molecule has 0 saturated heterocycles. The molecule has 1 aliphatic rings. The maximum absolute atomic E-state index is 13.4. The Morgan fingerprint density at radius 3 is 2.19 bits per heavy atom. The third-order valence-corrected chi connectivity index (χ3v) is 5.10. The number of alkyl halides is 3. The van der Waals surface area contributed by atoms with Crippen LogP contribution < -0.4 is 15.4 Å². The second kappa shape index (κ2) is 9.24. The van der Waals surface area contributed by atoms with Crippen LogP contribution in [0.4, 0.5) is 36.3 Å². The molecule has 31 heavy (non-hydrogen) atoms. The van der Waals surface area contributed by atoms with E-state index in [-0.39, 0.29) is 17.9 Å². The second-order valence-corrected chi connectivity index (χ2v) is 7.47. The Labute approximate surface area is 178 Å². The first-order valence-electron chi connectivity index (χ1n) is 10.3. The summed E-state index contributed by atoms with van der Waals surface area (Å²) < 4.78 is 46.2. The van der Waals surface area contributed by atoms with E-state index in [2.05, 4.69) is 20.6 Å². The molecule has 1 aliphatic carbocycles. The van der Waals surface area contributed by atoms with Crippen LogP contribution in [0.3, 0.4) is 0 Å². The minimum Gasteiger partial charge on any atom is -0.490 e. The van der Waals surface area contributed by atoms with E-state index >= 15 is 0 Å². The number of benzene rings is 2. The number of nitrogens with one attached hydrogen (secondary N) is 2.